The van der Waals surface area contributed by atoms with Gasteiger partial charge in [0.05, 0.1) is 6.61 Å². The number of carbonyl (C=O) groups is 1. The van der Waals surface area contributed by atoms with E-state index in [9.17, 15) is 4.79 Å². The average molecular weight is 258 g/mol. The van der Waals surface area contributed by atoms with Crippen LogP contribution in [0, 0.1) is 0 Å². The topological polar surface area (TPSA) is 85.4 Å². The zero-order chi connectivity index (χ0) is 13.7. The quantitative estimate of drug-likeness (QED) is 0.801. The summed E-state index contributed by atoms with van der Waals surface area (Å²) < 4.78 is 5.50. The first kappa shape index (κ1) is 12.9. The van der Waals surface area contributed by atoms with Crippen molar-refractivity contribution in [2.75, 3.05) is 12.3 Å². The van der Waals surface area contributed by atoms with E-state index in [0.717, 1.165) is 5.56 Å². The molecule has 19 heavy (non-hydrogen) atoms. The van der Waals surface area contributed by atoms with Gasteiger partial charge in [-0.1, -0.05) is 6.07 Å². The summed E-state index contributed by atoms with van der Waals surface area (Å²) in [7, 11) is 0. The van der Waals surface area contributed by atoms with Crippen LogP contribution in [-0.2, 0) is 6.42 Å². The summed E-state index contributed by atoms with van der Waals surface area (Å²) in [6.45, 7) is 0.383. The van der Waals surface area contributed by atoms with Crippen molar-refractivity contribution in [3.05, 3.63) is 53.9 Å². The van der Waals surface area contributed by atoms with Gasteiger partial charge in [0.1, 0.15) is 11.3 Å². The van der Waals surface area contributed by atoms with E-state index in [1.807, 2.05) is 12.1 Å². The van der Waals surface area contributed by atoms with Gasteiger partial charge in [-0.3, -0.25) is 4.98 Å². The van der Waals surface area contributed by atoms with Gasteiger partial charge in [-0.15, -0.1) is 0 Å². The Hall–Kier alpha value is -2.56. The number of benzene rings is 1. The Labute approximate surface area is 110 Å². The molecule has 0 aliphatic heterocycles. The van der Waals surface area contributed by atoms with Crippen LogP contribution in [0.4, 0.5) is 5.69 Å². The Morgan fingerprint density at radius 3 is 2.68 bits per heavy atom. The van der Waals surface area contributed by atoms with Crippen LogP contribution in [0.2, 0.25) is 0 Å². The third kappa shape index (κ3) is 3.22. The molecule has 5 nitrogen and oxygen atoms in total. The SMILES string of the molecule is Nc1cccc(OCCc2ccncc2)c1C(=O)O. The maximum atomic E-state index is 11.1. The molecule has 0 saturated heterocycles. The molecule has 0 unspecified atom stereocenters. The number of aromatic carboxylic acids is 1. The van der Waals surface area contributed by atoms with E-state index in [4.69, 9.17) is 15.6 Å². The molecule has 3 N–H and O–H groups in total. The predicted molar refractivity (Wildman–Crippen MR) is 71.2 cm³/mol. The highest BCUT2D eigenvalue weighted by atomic mass is 16.5. The van der Waals surface area contributed by atoms with Crippen molar-refractivity contribution in [3.8, 4) is 5.75 Å². The molecule has 0 spiro atoms. The Morgan fingerprint density at radius 2 is 2.00 bits per heavy atom. The molecule has 0 saturated carbocycles. The normalized spacial score (nSPS) is 10.1. The molecule has 0 aliphatic carbocycles. The number of hydrogen-bond donors (Lipinski definition) is 2. The Morgan fingerprint density at radius 1 is 1.26 bits per heavy atom. The third-order valence-electron chi connectivity index (χ3n) is 2.67. The highest BCUT2D eigenvalue weighted by molar-refractivity contribution is 5.96. The van der Waals surface area contributed by atoms with Crippen molar-refractivity contribution in [1.29, 1.82) is 0 Å². The molecular formula is C14H14N2O3. The van der Waals surface area contributed by atoms with Crippen LogP contribution in [0.3, 0.4) is 0 Å². The molecule has 0 radical (unpaired) electrons. The highest BCUT2D eigenvalue weighted by Crippen LogP contribution is 2.24. The summed E-state index contributed by atoms with van der Waals surface area (Å²) in [5.41, 5.74) is 6.93. The zero-order valence-electron chi connectivity index (χ0n) is 10.2. The number of carboxylic acids is 1. The van der Waals surface area contributed by atoms with Gasteiger partial charge in [0.25, 0.3) is 0 Å². The van der Waals surface area contributed by atoms with Crippen molar-refractivity contribution >= 4 is 11.7 Å². The Balaban J connectivity index is 2.04. The molecule has 0 aliphatic rings. The van der Waals surface area contributed by atoms with E-state index < -0.39 is 5.97 Å². The summed E-state index contributed by atoms with van der Waals surface area (Å²) in [6, 6.07) is 8.59. The van der Waals surface area contributed by atoms with Crippen LogP contribution >= 0.6 is 0 Å². The number of pyridine rings is 1. The molecule has 1 heterocycles. The minimum atomic E-state index is -1.09. The van der Waals surface area contributed by atoms with Crippen LogP contribution in [-0.4, -0.2) is 22.7 Å². The lowest BCUT2D eigenvalue weighted by Gasteiger charge is -2.10. The van der Waals surface area contributed by atoms with Gasteiger partial charge in [0.2, 0.25) is 0 Å². The summed E-state index contributed by atoms with van der Waals surface area (Å²) in [6.07, 6.45) is 4.09. The molecule has 5 heteroatoms. The number of rotatable bonds is 5. The van der Waals surface area contributed by atoms with E-state index in [0.29, 0.717) is 18.8 Å². The molecule has 0 amide bonds. The second-order valence-corrected chi connectivity index (χ2v) is 3.98. The Bertz CT molecular complexity index is 570. The lowest BCUT2D eigenvalue weighted by Crippen LogP contribution is -2.08. The van der Waals surface area contributed by atoms with Gasteiger partial charge < -0.3 is 15.6 Å². The summed E-state index contributed by atoms with van der Waals surface area (Å²) in [4.78, 5) is 15.0. The molecule has 0 bridgehead atoms. The Kier molecular flexibility index (Phi) is 3.97. The number of nitrogens with two attached hydrogens (primary N) is 1. The first-order valence-electron chi connectivity index (χ1n) is 5.82. The maximum absolute atomic E-state index is 11.1. The van der Waals surface area contributed by atoms with Crippen molar-refractivity contribution in [3.63, 3.8) is 0 Å². The van der Waals surface area contributed by atoms with Crippen molar-refractivity contribution < 1.29 is 14.6 Å². The van der Waals surface area contributed by atoms with Crippen LogP contribution in [0.5, 0.6) is 5.75 Å². The van der Waals surface area contributed by atoms with Gasteiger partial charge in [-0.25, -0.2) is 4.79 Å². The van der Waals surface area contributed by atoms with Crippen molar-refractivity contribution in [2.45, 2.75) is 6.42 Å². The number of nitrogen functional groups attached to an aromatic ring is 1. The number of hydrogen-bond acceptors (Lipinski definition) is 4. The number of carboxylic acid groups (broad SMARTS) is 1. The first-order chi connectivity index (χ1) is 9.18. The second-order valence-electron chi connectivity index (χ2n) is 3.98. The molecule has 1 aromatic carbocycles. The number of ether oxygens (including phenoxy) is 1. The number of anilines is 1. The smallest absolute Gasteiger partial charge is 0.341 e. The minimum Gasteiger partial charge on any atom is -0.492 e. The van der Waals surface area contributed by atoms with Crippen LogP contribution in [0.15, 0.2) is 42.7 Å². The van der Waals surface area contributed by atoms with E-state index >= 15 is 0 Å². The molecule has 0 atom stereocenters. The van der Waals surface area contributed by atoms with Crippen molar-refractivity contribution in [2.24, 2.45) is 0 Å². The molecule has 98 valence electrons. The van der Waals surface area contributed by atoms with E-state index in [1.54, 1.807) is 30.6 Å². The van der Waals surface area contributed by atoms with Gasteiger partial charge in [0.15, 0.2) is 0 Å². The van der Waals surface area contributed by atoms with Gasteiger partial charge >= 0.3 is 5.97 Å². The number of nitrogens with zero attached hydrogens (tertiary/aromatic N) is 1. The zero-order valence-corrected chi connectivity index (χ0v) is 10.2. The fourth-order valence-electron chi connectivity index (χ4n) is 1.73. The van der Waals surface area contributed by atoms with Crippen molar-refractivity contribution in [1.82, 2.24) is 4.98 Å². The second kappa shape index (κ2) is 5.86. The average Bonchev–Trinajstić information content (AvgIpc) is 2.39. The predicted octanol–water partition coefficient (Wildman–Crippen LogP) is 1.98. The van der Waals surface area contributed by atoms with E-state index in [1.165, 1.54) is 0 Å². The summed E-state index contributed by atoms with van der Waals surface area (Å²) in [5.74, 6) is -0.793. The maximum Gasteiger partial charge on any atom is 0.341 e. The molecule has 2 aromatic rings. The summed E-state index contributed by atoms with van der Waals surface area (Å²) >= 11 is 0. The fourth-order valence-corrected chi connectivity index (χ4v) is 1.73. The molecule has 0 fully saturated rings. The molecule has 1 aromatic heterocycles. The van der Waals surface area contributed by atoms with Gasteiger partial charge in [0, 0.05) is 24.5 Å². The van der Waals surface area contributed by atoms with E-state index in [-0.39, 0.29) is 11.3 Å². The van der Waals surface area contributed by atoms with Gasteiger partial charge in [-0.2, -0.15) is 0 Å². The highest BCUT2D eigenvalue weighted by Gasteiger charge is 2.14. The first-order valence-corrected chi connectivity index (χ1v) is 5.82. The molecular weight excluding hydrogens is 244 g/mol. The summed E-state index contributed by atoms with van der Waals surface area (Å²) in [5, 5.41) is 9.09. The van der Waals surface area contributed by atoms with Crippen LogP contribution in [0.1, 0.15) is 15.9 Å². The monoisotopic (exact) mass is 258 g/mol. The van der Waals surface area contributed by atoms with Gasteiger partial charge in [-0.05, 0) is 29.8 Å². The van der Waals surface area contributed by atoms with E-state index in [2.05, 4.69) is 4.98 Å². The standard InChI is InChI=1S/C14H14N2O3/c15-11-2-1-3-12(13(11)14(17)18)19-9-6-10-4-7-16-8-5-10/h1-5,7-8H,6,9,15H2,(H,17,18). The molecule has 2 rings (SSSR count). The third-order valence-corrected chi connectivity index (χ3v) is 2.67. The lowest BCUT2D eigenvalue weighted by atomic mass is 10.1. The van der Waals surface area contributed by atoms with Crippen LogP contribution < -0.4 is 10.5 Å². The lowest BCUT2D eigenvalue weighted by molar-refractivity contribution is 0.0693. The van der Waals surface area contributed by atoms with Crippen LogP contribution in [0.25, 0.3) is 0 Å². The number of aromatic nitrogens is 1. The largest absolute Gasteiger partial charge is 0.492 e. The minimum absolute atomic E-state index is 0.0113. The fraction of sp³-hybridized carbons (Fsp3) is 0.143.